The molecule has 14 heteroatoms. The number of hydrogen-bond acceptors (Lipinski definition) is 3. The Morgan fingerprint density at radius 1 is 0.900 bits per heavy atom. The molecule has 2 atom stereocenters. The first-order valence-electron chi connectivity index (χ1n) is 11.8. The molecule has 1 aliphatic heterocycles. The number of carbonyl (C=O) groups excluding carboxylic acids is 3. The van der Waals surface area contributed by atoms with Crippen molar-refractivity contribution in [2.75, 3.05) is 32.1 Å². The number of urea groups is 1. The highest BCUT2D eigenvalue weighted by atomic mass is 35.5. The maximum Gasteiger partial charge on any atom is 0.416 e. The van der Waals surface area contributed by atoms with Gasteiger partial charge in [0.05, 0.1) is 11.1 Å². The van der Waals surface area contributed by atoms with Crippen molar-refractivity contribution >= 4 is 34.5 Å². The predicted molar refractivity (Wildman–Crippen MR) is 134 cm³/mol. The van der Waals surface area contributed by atoms with E-state index in [1.54, 1.807) is 4.90 Å². The zero-order valence-corrected chi connectivity index (χ0v) is 22.7. The second kappa shape index (κ2) is 12.9. The van der Waals surface area contributed by atoms with Gasteiger partial charge in [0.1, 0.15) is 5.82 Å². The molecule has 0 aromatic heterocycles. The Hall–Kier alpha value is -3.35. The van der Waals surface area contributed by atoms with Gasteiger partial charge in [-0.25, -0.2) is 9.18 Å². The largest absolute Gasteiger partial charge is 0.416 e. The number of benzene rings is 2. The van der Waals surface area contributed by atoms with Crippen molar-refractivity contribution in [1.29, 1.82) is 0 Å². The number of nitrogens with zero attached hydrogens (tertiary/aromatic N) is 3. The van der Waals surface area contributed by atoms with E-state index in [0.29, 0.717) is 30.7 Å². The fraction of sp³-hybridized carbons (Fsp3) is 0.423. The number of amides is 3. The number of halogens is 8. The van der Waals surface area contributed by atoms with Crippen molar-refractivity contribution in [3.63, 3.8) is 0 Å². The Morgan fingerprint density at radius 2 is 1.38 bits per heavy atom. The lowest BCUT2D eigenvalue weighted by Crippen LogP contribution is -2.53. The highest BCUT2D eigenvalue weighted by Gasteiger charge is 2.39. The number of piperidine rings is 1. The maximum absolute atomic E-state index is 13.5. The van der Waals surface area contributed by atoms with E-state index in [1.807, 2.05) is 0 Å². The molecular weight excluding hydrogens is 571 g/mol. The number of rotatable bonds is 3. The molecule has 1 aliphatic rings. The van der Waals surface area contributed by atoms with Gasteiger partial charge in [-0.1, -0.05) is 12.1 Å². The van der Waals surface area contributed by atoms with Crippen LogP contribution in [-0.4, -0.2) is 60.2 Å². The van der Waals surface area contributed by atoms with Gasteiger partial charge >= 0.3 is 18.4 Å². The molecule has 1 saturated heterocycles. The monoisotopic (exact) mass is 597 g/mol. The summed E-state index contributed by atoms with van der Waals surface area (Å²) in [6.07, 6.45) is -9.81. The van der Waals surface area contributed by atoms with Crippen molar-refractivity contribution in [3.8, 4) is 0 Å². The molecule has 0 unspecified atom stereocenters. The Balaban J connectivity index is 0.00000131. The first-order valence-corrected chi connectivity index (χ1v) is 12.2. The first kappa shape index (κ1) is 32.9. The third-order valence-electron chi connectivity index (χ3n) is 6.37. The van der Waals surface area contributed by atoms with Crippen LogP contribution in [0.2, 0.25) is 0 Å². The summed E-state index contributed by atoms with van der Waals surface area (Å²) in [6.45, 7) is 3.17. The van der Waals surface area contributed by atoms with Gasteiger partial charge in [0.25, 0.3) is 0 Å². The highest BCUT2D eigenvalue weighted by molar-refractivity contribution is 6.62. The van der Waals surface area contributed by atoms with E-state index in [9.17, 15) is 45.1 Å². The number of alkyl halides is 6. The van der Waals surface area contributed by atoms with Gasteiger partial charge in [0.2, 0.25) is 11.1 Å². The van der Waals surface area contributed by atoms with Crippen molar-refractivity contribution < 1.29 is 45.1 Å². The van der Waals surface area contributed by atoms with Crippen LogP contribution in [-0.2, 0) is 21.9 Å². The molecule has 6 nitrogen and oxygen atoms in total. The van der Waals surface area contributed by atoms with Crippen LogP contribution < -0.4 is 4.90 Å². The van der Waals surface area contributed by atoms with Gasteiger partial charge in [-0.15, -0.1) is 0 Å². The minimum Gasteiger partial charge on any atom is -0.342 e. The minimum absolute atomic E-state index is 0.00637. The van der Waals surface area contributed by atoms with Gasteiger partial charge in [0.15, 0.2) is 0 Å². The maximum atomic E-state index is 13.5. The van der Waals surface area contributed by atoms with Crippen LogP contribution in [0.5, 0.6) is 0 Å². The minimum atomic E-state index is -5.06. The number of carbonyl (C=O) groups is 3. The third-order valence-corrected chi connectivity index (χ3v) is 6.37. The average Bonchev–Trinajstić information content (AvgIpc) is 2.85. The molecule has 0 N–H and O–H groups in total. The van der Waals surface area contributed by atoms with E-state index in [-0.39, 0.29) is 23.8 Å². The summed E-state index contributed by atoms with van der Waals surface area (Å²) in [7, 11) is 2.48. The van der Waals surface area contributed by atoms with Gasteiger partial charge in [-0.3, -0.25) is 14.5 Å². The Morgan fingerprint density at radius 3 is 1.80 bits per heavy atom. The Bertz CT molecular complexity index is 1180. The van der Waals surface area contributed by atoms with Gasteiger partial charge < -0.3 is 9.80 Å². The number of likely N-dealkylation sites (tertiary alicyclic amines) is 1. The highest BCUT2D eigenvalue weighted by Crippen LogP contribution is 2.39. The van der Waals surface area contributed by atoms with Gasteiger partial charge in [0, 0.05) is 58.7 Å². The second-order valence-electron chi connectivity index (χ2n) is 9.17. The molecule has 1 heterocycles. The summed E-state index contributed by atoms with van der Waals surface area (Å²) in [4.78, 5) is 37.9. The summed E-state index contributed by atoms with van der Waals surface area (Å²) in [6, 6.07) is 5.05. The fourth-order valence-electron chi connectivity index (χ4n) is 4.35. The number of likely N-dealkylation sites (N-methyl/N-ethyl adjacent to an activating group) is 1. The zero-order valence-electron chi connectivity index (χ0n) is 21.9. The molecule has 0 bridgehead atoms. The Kier molecular flexibility index (Phi) is 10.6. The SMILES string of the molecule is CC(=O)Cl.CC(=O)N1CC[C@@H](N(C)C(=O)N(C)c2cc(C(F)(F)F)cc(C(F)(F)F)c2)[C@H](c2ccc(F)cc2)C1. The lowest BCUT2D eigenvalue weighted by atomic mass is 9.85. The summed E-state index contributed by atoms with van der Waals surface area (Å²) in [5.74, 6) is -1.14. The molecule has 3 rings (SSSR count). The van der Waals surface area contributed by atoms with Gasteiger partial charge in [-0.2, -0.15) is 26.3 Å². The molecule has 0 radical (unpaired) electrons. The normalized spacial score (nSPS) is 17.4. The van der Waals surface area contributed by atoms with Crippen molar-refractivity contribution in [3.05, 3.63) is 65.0 Å². The van der Waals surface area contributed by atoms with Crippen molar-refractivity contribution in [2.24, 2.45) is 0 Å². The third kappa shape index (κ3) is 8.57. The van der Waals surface area contributed by atoms with E-state index in [2.05, 4.69) is 11.6 Å². The molecular formula is C26H27ClF7N3O3. The molecule has 0 spiro atoms. The second-order valence-corrected chi connectivity index (χ2v) is 9.70. The van der Waals surface area contributed by atoms with Crippen LogP contribution >= 0.6 is 11.6 Å². The summed E-state index contributed by atoms with van der Waals surface area (Å²) in [5, 5.41) is -0.361. The van der Waals surface area contributed by atoms with Crippen LogP contribution in [0.25, 0.3) is 0 Å². The lowest BCUT2D eigenvalue weighted by Gasteiger charge is -2.43. The van der Waals surface area contributed by atoms with Crippen LogP contribution in [0.15, 0.2) is 42.5 Å². The zero-order chi connectivity index (χ0) is 30.6. The standard InChI is InChI=1S/C24H24F7N3O2.C2H3ClO/c1-14(35)34-9-8-21(20(13-34)15-4-6-18(25)7-5-15)33(3)22(36)32(2)19-11-16(23(26,27)28)10-17(12-19)24(29,30)31;1-2(3)4/h4-7,10-12,20-21H,8-9,13H2,1-3H3;1H3/t20-,21+;/m0./s1. The van der Waals surface area contributed by atoms with E-state index < -0.39 is 53.0 Å². The number of hydrogen-bond donors (Lipinski definition) is 0. The molecule has 220 valence electrons. The summed E-state index contributed by atoms with van der Waals surface area (Å²) in [5.41, 5.74) is -3.01. The lowest BCUT2D eigenvalue weighted by molar-refractivity contribution is -0.143. The quantitative estimate of drug-likeness (QED) is 0.299. The van der Waals surface area contributed by atoms with E-state index in [1.165, 1.54) is 50.1 Å². The molecule has 2 aromatic rings. The van der Waals surface area contributed by atoms with Crippen LogP contribution in [0, 0.1) is 5.82 Å². The van der Waals surface area contributed by atoms with E-state index >= 15 is 0 Å². The van der Waals surface area contributed by atoms with Crippen molar-refractivity contribution in [1.82, 2.24) is 9.80 Å². The molecule has 1 fully saturated rings. The summed E-state index contributed by atoms with van der Waals surface area (Å²) < 4.78 is 93.1. The molecule has 2 aromatic carbocycles. The van der Waals surface area contributed by atoms with Crippen LogP contribution in [0.1, 0.15) is 42.9 Å². The first-order chi connectivity index (χ1) is 18.3. The molecule has 40 heavy (non-hydrogen) atoms. The predicted octanol–water partition coefficient (Wildman–Crippen LogP) is 6.53. The van der Waals surface area contributed by atoms with E-state index in [4.69, 9.17) is 0 Å². The van der Waals surface area contributed by atoms with Crippen molar-refractivity contribution in [2.45, 2.75) is 44.6 Å². The molecule has 3 amide bonds. The van der Waals surface area contributed by atoms with Gasteiger partial charge in [-0.05, 0) is 53.9 Å². The molecule has 0 saturated carbocycles. The van der Waals surface area contributed by atoms with Crippen LogP contribution in [0.4, 0.5) is 41.2 Å². The number of anilines is 1. The van der Waals surface area contributed by atoms with E-state index in [0.717, 1.165) is 11.9 Å². The average molecular weight is 598 g/mol. The molecule has 0 aliphatic carbocycles. The Labute approximate surface area is 231 Å². The fourth-order valence-corrected chi connectivity index (χ4v) is 4.35. The smallest absolute Gasteiger partial charge is 0.342 e. The summed E-state index contributed by atoms with van der Waals surface area (Å²) >= 11 is 4.64. The van der Waals surface area contributed by atoms with Crippen LogP contribution in [0.3, 0.4) is 0 Å². The topological polar surface area (TPSA) is 60.9 Å².